The monoisotopic (exact) mass is 270 g/mol. The third-order valence-corrected chi connectivity index (χ3v) is 6.13. The summed E-state index contributed by atoms with van der Waals surface area (Å²) >= 11 is 0. The van der Waals surface area contributed by atoms with Crippen molar-refractivity contribution in [3.05, 3.63) is 47.1 Å². The fraction of sp³-hybridized carbons (Fsp3) is 0.529. The average molecular weight is 270 g/mol. The standard InChI is InChI=1S/C17H22OSi/c19-18-16-6-2-4-12-8-9-14-13-5-1-3-11(13)7-10-15(14)17(12)16/h1,3,7,9-10,12-13,16-17H,2,4-6,8H2,19H3/t12?,13-,16?,17+/m1/s1. The summed E-state index contributed by atoms with van der Waals surface area (Å²) in [6.07, 6.45) is 19.0. The van der Waals surface area contributed by atoms with Crippen LogP contribution in [0, 0.1) is 17.8 Å². The maximum absolute atomic E-state index is 5.96. The summed E-state index contributed by atoms with van der Waals surface area (Å²) in [6.45, 7) is 0. The van der Waals surface area contributed by atoms with Crippen molar-refractivity contribution in [3.8, 4) is 0 Å². The number of allylic oxidation sites excluding steroid dienone is 7. The maximum atomic E-state index is 5.96. The Morgan fingerprint density at radius 1 is 1.11 bits per heavy atom. The second kappa shape index (κ2) is 4.60. The van der Waals surface area contributed by atoms with Crippen LogP contribution < -0.4 is 0 Å². The molecule has 0 radical (unpaired) electrons. The van der Waals surface area contributed by atoms with Gasteiger partial charge in [0.2, 0.25) is 0 Å². The largest absolute Gasteiger partial charge is 0.424 e. The molecule has 0 aromatic rings. The van der Waals surface area contributed by atoms with Gasteiger partial charge in [-0.25, -0.2) is 0 Å². The second-order valence-corrected chi connectivity index (χ2v) is 6.84. The zero-order valence-electron chi connectivity index (χ0n) is 11.6. The molecule has 0 heterocycles. The molecule has 4 aliphatic rings. The van der Waals surface area contributed by atoms with Crippen LogP contribution in [0.4, 0.5) is 0 Å². The van der Waals surface area contributed by atoms with Gasteiger partial charge in [0.15, 0.2) is 0 Å². The molecule has 0 N–H and O–H groups in total. The van der Waals surface area contributed by atoms with Crippen LogP contribution in [0.25, 0.3) is 0 Å². The predicted octanol–water partition coefficient (Wildman–Crippen LogP) is 2.84. The van der Waals surface area contributed by atoms with Gasteiger partial charge in [0.25, 0.3) is 0 Å². The van der Waals surface area contributed by atoms with Gasteiger partial charge in [0, 0.05) is 11.8 Å². The Labute approximate surface area is 118 Å². The van der Waals surface area contributed by atoms with Crippen molar-refractivity contribution in [3.63, 3.8) is 0 Å². The number of hydrogen-bond donors (Lipinski definition) is 0. The van der Waals surface area contributed by atoms with E-state index in [4.69, 9.17) is 4.43 Å². The molecule has 100 valence electrons. The molecule has 4 atom stereocenters. The van der Waals surface area contributed by atoms with E-state index in [9.17, 15) is 0 Å². The van der Waals surface area contributed by atoms with Crippen LogP contribution in [0.1, 0.15) is 32.1 Å². The molecule has 2 unspecified atom stereocenters. The first kappa shape index (κ1) is 11.9. The summed E-state index contributed by atoms with van der Waals surface area (Å²) in [6, 6.07) is 0. The smallest absolute Gasteiger partial charge is 0.146 e. The highest BCUT2D eigenvalue weighted by Gasteiger charge is 2.41. The molecule has 19 heavy (non-hydrogen) atoms. The molecule has 1 saturated carbocycles. The molecular formula is C17H22OSi. The molecule has 1 fully saturated rings. The fourth-order valence-electron chi connectivity index (χ4n) is 4.62. The van der Waals surface area contributed by atoms with Gasteiger partial charge in [-0.3, -0.25) is 0 Å². The first-order chi connectivity index (χ1) is 9.38. The fourth-order valence-corrected chi connectivity index (χ4v) is 5.15. The van der Waals surface area contributed by atoms with Crippen molar-refractivity contribution in [2.75, 3.05) is 0 Å². The van der Waals surface area contributed by atoms with E-state index in [1.807, 2.05) is 0 Å². The van der Waals surface area contributed by atoms with Crippen molar-refractivity contribution in [1.82, 2.24) is 0 Å². The van der Waals surface area contributed by atoms with E-state index in [2.05, 4.69) is 30.4 Å². The Morgan fingerprint density at radius 2 is 2.05 bits per heavy atom. The summed E-state index contributed by atoms with van der Waals surface area (Å²) in [7, 11) is 0.877. The molecule has 0 amide bonds. The van der Waals surface area contributed by atoms with Gasteiger partial charge in [-0.1, -0.05) is 36.8 Å². The molecule has 4 aliphatic carbocycles. The van der Waals surface area contributed by atoms with Gasteiger partial charge in [0.05, 0.1) is 6.10 Å². The third kappa shape index (κ3) is 1.77. The Morgan fingerprint density at radius 3 is 2.95 bits per heavy atom. The minimum Gasteiger partial charge on any atom is -0.424 e. The van der Waals surface area contributed by atoms with Gasteiger partial charge in [0.1, 0.15) is 10.5 Å². The van der Waals surface area contributed by atoms with E-state index >= 15 is 0 Å². The lowest BCUT2D eigenvalue weighted by molar-refractivity contribution is 0.0784. The first-order valence-electron chi connectivity index (χ1n) is 7.70. The number of rotatable bonds is 1. The normalized spacial score (nSPS) is 39.9. The molecule has 0 spiro atoms. The molecule has 1 nitrogen and oxygen atoms in total. The van der Waals surface area contributed by atoms with E-state index in [0.29, 0.717) is 17.9 Å². The summed E-state index contributed by atoms with van der Waals surface area (Å²) in [5.74, 6) is 2.19. The minimum atomic E-state index is 0.504. The van der Waals surface area contributed by atoms with Crippen LogP contribution in [-0.4, -0.2) is 16.6 Å². The Hall–Kier alpha value is -0.863. The van der Waals surface area contributed by atoms with Crippen molar-refractivity contribution in [2.24, 2.45) is 17.8 Å². The van der Waals surface area contributed by atoms with Gasteiger partial charge in [-0.05, 0) is 48.3 Å². The quantitative estimate of drug-likeness (QED) is 0.666. The van der Waals surface area contributed by atoms with E-state index in [1.165, 1.54) is 37.7 Å². The zero-order chi connectivity index (χ0) is 12.8. The minimum absolute atomic E-state index is 0.504. The summed E-state index contributed by atoms with van der Waals surface area (Å²) in [5.41, 5.74) is 4.77. The molecule has 4 rings (SSSR count). The molecule has 2 heteroatoms. The Bertz CT molecular complexity index is 511. The first-order valence-corrected chi connectivity index (χ1v) is 8.51. The second-order valence-electron chi connectivity index (χ2n) is 6.37. The van der Waals surface area contributed by atoms with Gasteiger partial charge < -0.3 is 4.43 Å². The summed E-state index contributed by atoms with van der Waals surface area (Å²) in [5, 5.41) is 0. The average Bonchev–Trinajstić information content (AvgIpc) is 2.94. The molecule has 0 aromatic carbocycles. The lowest BCUT2D eigenvalue weighted by Gasteiger charge is -2.44. The van der Waals surface area contributed by atoms with Crippen molar-refractivity contribution in [1.29, 1.82) is 0 Å². The van der Waals surface area contributed by atoms with Crippen LogP contribution in [0.2, 0.25) is 0 Å². The highest BCUT2D eigenvalue weighted by atomic mass is 28.2. The molecule has 0 saturated heterocycles. The van der Waals surface area contributed by atoms with E-state index < -0.39 is 0 Å². The van der Waals surface area contributed by atoms with Crippen LogP contribution in [-0.2, 0) is 4.43 Å². The zero-order valence-corrected chi connectivity index (χ0v) is 13.6. The van der Waals surface area contributed by atoms with Crippen LogP contribution in [0.5, 0.6) is 0 Å². The van der Waals surface area contributed by atoms with Crippen molar-refractivity contribution < 1.29 is 4.43 Å². The van der Waals surface area contributed by atoms with Crippen LogP contribution in [0.3, 0.4) is 0 Å². The predicted molar refractivity (Wildman–Crippen MR) is 81.8 cm³/mol. The van der Waals surface area contributed by atoms with Crippen molar-refractivity contribution >= 4 is 10.5 Å². The molecule has 0 aromatic heterocycles. The Kier molecular flexibility index (Phi) is 2.89. The number of hydrogen-bond acceptors (Lipinski definition) is 1. The van der Waals surface area contributed by atoms with Crippen molar-refractivity contribution in [2.45, 2.75) is 38.2 Å². The molecular weight excluding hydrogens is 248 g/mol. The highest BCUT2D eigenvalue weighted by Crippen LogP contribution is 2.50. The van der Waals surface area contributed by atoms with Gasteiger partial charge >= 0.3 is 0 Å². The highest BCUT2D eigenvalue weighted by molar-refractivity contribution is 5.98. The number of fused-ring (bicyclic) bond motifs is 5. The van der Waals surface area contributed by atoms with Crippen LogP contribution in [0.15, 0.2) is 47.1 Å². The SMILES string of the molecule is [SiH3]OC1CCCC2CC=C3C(=CC=C4C=CC[C@H]43)[C@H]21. The van der Waals surface area contributed by atoms with E-state index in [-0.39, 0.29) is 0 Å². The lowest BCUT2D eigenvalue weighted by atomic mass is 9.63. The molecule has 0 aliphatic heterocycles. The van der Waals surface area contributed by atoms with Gasteiger partial charge in [-0.2, -0.15) is 0 Å². The topological polar surface area (TPSA) is 9.23 Å². The lowest BCUT2D eigenvalue weighted by Crippen LogP contribution is -2.38. The van der Waals surface area contributed by atoms with Crippen LogP contribution >= 0.6 is 0 Å². The van der Waals surface area contributed by atoms with Gasteiger partial charge in [-0.15, -0.1) is 0 Å². The summed E-state index contributed by atoms with van der Waals surface area (Å²) < 4.78 is 5.96. The molecule has 0 bridgehead atoms. The third-order valence-electron chi connectivity index (χ3n) is 5.52. The maximum Gasteiger partial charge on any atom is 0.146 e. The van der Waals surface area contributed by atoms with E-state index in [1.54, 1.807) is 11.1 Å². The van der Waals surface area contributed by atoms with E-state index in [0.717, 1.165) is 16.4 Å². The summed E-state index contributed by atoms with van der Waals surface area (Å²) in [4.78, 5) is 0. The Balaban J connectivity index is 1.75.